The molecule has 0 bridgehead atoms. The van der Waals surface area contributed by atoms with Crippen LogP contribution in [0.2, 0.25) is 0 Å². The lowest BCUT2D eigenvalue weighted by Crippen LogP contribution is -2.46. The molecule has 1 saturated heterocycles. The smallest absolute Gasteiger partial charge is 0.407 e. The van der Waals surface area contributed by atoms with E-state index in [1.807, 2.05) is 46.6 Å². The van der Waals surface area contributed by atoms with Gasteiger partial charge < -0.3 is 25.6 Å². The molecular weight excluding hydrogens is 503 g/mol. The average molecular weight is 540 g/mol. The summed E-state index contributed by atoms with van der Waals surface area (Å²) in [6.45, 7) is 11.0. The second-order valence-corrected chi connectivity index (χ2v) is 8.39. The van der Waals surface area contributed by atoms with Gasteiger partial charge in [0.25, 0.3) is 0 Å². The van der Waals surface area contributed by atoms with Crippen molar-refractivity contribution in [2.24, 2.45) is 10.9 Å². The molecule has 0 aromatic rings. The first-order valence-electron chi connectivity index (χ1n) is 9.94. The molecule has 174 valence electrons. The highest BCUT2D eigenvalue weighted by Crippen LogP contribution is 2.11. The third-order valence-electron chi connectivity index (χ3n) is 4.41. The summed E-state index contributed by atoms with van der Waals surface area (Å²) in [5.41, 5.74) is -0.540. The Bertz CT molecular complexity index is 605. The van der Waals surface area contributed by atoms with Crippen LogP contribution >= 0.6 is 24.0 Å². The molecule has 0 saturated carbocycles. The molecule has 1 rings (SSSR count). The van der Waals surface area contributed by atoms with E-state index in [0.717, 1.165) is 0 Å². The van der Waals surface area contributed by atoms with Gasteiger partial charge in [-0.25, -0.2) is 9.59 Å². The molecule has 10 nitrogen and oxygen atoms in total. The Balaban J connectivity index is 0.00000841. The number of alkyl carbamates (subject to hydrolysis) is 1. The van der Waals surface area contributed by atoms with Crippen LogP contribution in [0.5, 0.6) is 0 Å². The number of halogens is 1. The Hall–Kier alpha value is -1.79. The standard InChI is InChI=1S/C19H36N6O4.HI/c1-13(2)14(23-18(28)29-19(3,4)5)8-10-24(7)16(20-6)21-9-11-25-15(26)12-22-17(25)27;/h13-14H,8-12H2,1-7H3,(H,20,21)(H,22,27)(H,23,28);1H. The van der Waals surface area contributed by atoms with Crippen molar-refractivity contribution in [3.8, 4) is 0 Å². The largest absolute Gasteiger partial charge is 0.444 e. The number of nitrogens with zero attached hydrogens (tertiary/aromatic N) is 3. The number of guanidine groups is 1. The summed E-state index contributed by atoms with van der Waals surface area (Å²) in [7, 11) is 3.57. The van der Waals surface area contributed by atoms with E-state index >= 15 is 0 Å². The van der Waals surface area contributed by atoms with Crippen LogP contribution in [0, 0.1) is 5.92 Å². The van der Waals surface area contributed by atoms with Crippen LogP contribution in [0.3, 0.4) is 0 Å². The van der Waals surface area contributed by atoms with E-state index in [1.165, 1.54) is 4.90 Å². The molecule has 1 aliphatic rings. The van der Waals surface area contributed by atoms with Gasteiger partial charge in [-0.3, -0.25) is 14.7 Å². The molecule has 0 aromatic carbocycles. The van der Waals surface area contributed by atoms with Crippen LogP contribution in [0.4, 0.5) is 9.59 Å². The lowest BCUT2D eigenvalue weighted by molar-refractivity contribution is -0.124. The number of hydrogen-bond donors (Lipinski definition) is 3. The molecule has 0 spiro atoms. The number of imide groups is 1. The molecule has 4 amide bonds. The quantitative estimate of drug-likeness (QED) is 0.187. The first-order chi connectivity index (χ1) is 13.4. The van der Waals surface area contributed by atoms with Crippen LogP contribution in [-0.2, 0) is 9.53 Å². The zero-order chi connectivity index (χ0) is 22.2. The number of ether oxygens (including phenoxy) is 1. The predicted molar refractivity (Wildman–Crippen MR) is 127 cm³/mol. The molecule has 0 aliphatic carbocycles. The molecular formula is C19H37IN6O4. The van der Waals surface area contributed by atoms with E-state index in [1.54, 1.807) is 7.05 Å². The number of carbonyl (C=O) groups excluding carboxylic acids is 3. The van der Waals surface area contributed by atoms with Gasteiger partial charge in [0.1, 0.15) is 5.60 Å². The highest BCUT2D eigenvalue weighted by Gasteiger charge is 2.28. The first-order valence-corrected chi connectivity index (χ1v) is 9.94. The predicted octanol–water partition coefficient (Wildman–Crippen LogP) is 1.60. The lowest BCUT2D eigenvalue weighted by atomic mass is 10.0. The summed E-state index contributed by atoms with van der Waals surface area (Å²) in [4.78, 5) is 42.6. The lowest BCUT2D eigenvalue weighted by Gasteiger charge is -2.28. The molecule has 30 heavy (non-hydrogen) atoms. The van der Waals surface area contributed by atoms with Crippen LogP contribution in [-0.4, -0.2) is 85.7 Å². The minimum absolute atomic E-state index is 0. The molecule has 3 N–H and O–H groups in total. The van der Waals surface area contributed by atoms with Crippen molar-refractivity contribution >= 4 is 48.0 Å². The Morgan fingerprint density at radius 3 is 2.43 bits per heavy atom. The van der Waals surface area contributed by atoms with Gasteiger partial charge in [-0.1, -0.05) is 13.8 Å². The molecule has 1 aliphatic heterocycles. The van der Waals surface area contributed by atoms with Crippen LogP contribution in [0.25, 0.3) is 0 Å². The molecule has 0 aromatic heterocycles. The van der Waals surface area contributed by atoms with Crippen LogP contribution in [0.1, 0.15) is 41.0 Å². The zero-order valence-electron chi connectivity index (χ0n) is 19.1. The number of aliphatic imine (C=N–C) groups is 1. The highest BCUT2D eigenvalue weighted by atomic mass is 127. The molecule has 1 atom stereocenters. The second kappa shape index (κ2) is 12.8. The fourth-order valence-corrected chi connectivity index (χ4v) is 2.82. The van der Waals surface area contributed by atoms with Gasteiger partial charge >= 0.3 is 12.1 Å². The molecule has 1 unspecified atom stereocenters. The SMILES string of the molecule is CN=C(NCCN1C(=O)CNC1=O)N(C)CCC(NC(=O)OC(C)(C)C)C(C)C.I. The number of nitrogens with one attached hydrogen (secondary N) is 3. The minimum Gasteiger partial charge on any atom is -0.444 e. The fourth-order valence-electron chi connectivity index (χ4n) is 2.82. The minimum atomic E-state index is -0.540. The van der Waals surface area contributed by atoms with E-state index in [2.05, 4.69) is 20.9 Å². The summed E-state index contributed by atoms with van der Waals surface area (Å²) in [5.74, 6) is 0.663. The number of amides is 4. The summed E-state index contributed by atoms with van der Waals surface area (Å²) in [6, 6.07) is -0.413. The Morgan fingerprint density at radius 1 is 1.33 bits per heavy atom. The van der Waals surface area contributed by atoms with Crippen molar-refractivity contribution < 1.29 is 19.1 Å². The summed E-state index contributed by atoms with van der Waals surface area (Å²) in [6.07, 6.45) is 0.288. The maximum Gasteiger partial charge on any atom is 0.407 e. The van der Waals surface area contributed by atoms with Crippen molar-refractivity contribution in [1.29, 1.82) is 0 Å². The topological polar surface area (TPSA) is 115 Å². The fraction of sp³-hybridized carbons (Fsp3) is 0.789. The number of urea groups is 1. The Kier molecular flexibility index (Phi) is 12.0. The van der Waals surface area contributed by atoms with Crippen LogP contribution in [0.15, 0.2) is 4.99 Å². The van der Waals surface area contributed by atoms with Gasteiger partial charge in [0.05, 0.1) is 6.54 Å². The van der Waals surface area contributed by atoms with Crippen molar-refractivity contribution in [3.05, 3.63) is 0 Å². The zero-order valence-corrected chi connectivity index (χ0v) is 21.4. The van der Waals surface area contributed by atoms with Gasteiger partial charge in [-0.2, -0.15) is 0 Å². The van der Waals surface area contributed by atoms with Crippen LogP contribution < -0.4 is 16.0 Å². The van der Waals surface area contributed by atoms with Gasteiger partial charge in [0, 0.05) is 39.8 Å². The van der Waals surface area contributed by atoms with E-state index in [0.29, 0.717) is 25.5 Å². The summed E-state index contributed by atoms with van der Waals surface area (Å²) < 4.78 is 5.35. The Morgan fingerprint density at radius 2 is 1.97 bits per heavy atom. The number of hydrogen-bond acceptors (Lipinski definition) is 5. The van der Waals surface area contributed by atoms with E-state index < -0.39 is 11.7 Å². The number of rotatable bonds is 8. The molecule has 0 radical (unpaired) electrons. The van der Waals surface area contributed by atoms with Crippen molar-refractivity contribution in [2.75, 3.05) is 40.3 Å². The monoisotopic (exact) mass is 540 g/mol. The van der Waals surface area contributed by atoms with E-state index in [9.17, 15) is 14.4 Å². The first kappa shape index (κ1) is 28.2. The third kappa shape index (κ3) is 9.81. The third-order valence-corrected chi connectivity index (χ3v) is 4.41. The van der Waals surface area contributed by atoms with Gasteiger partial charge in [-0.15, -0.1) is 24.0 Å². The maximum absolute atomic E-state index is 12.1. The Labute approximate surface area is 196 Å². The van der Waals surface area contributed by atoms with Gasteiger partial charge in [0.2, 0.25) is 5.91 Å². The highest BCUT2D eigenvalue weighted by molar-refractivity contribution is 14.0. The maximum atomic E-state index is 12.1. The average Bonchev–Trinajstić information content (AvgIpc) is 2.91. The molecule has 11 heteroatoms. The van der Waals surface area contributed by atoms with Gasteiger partial charge in [-0.05, 0) is 33.1 Å². The van der Waals surface area contributed by atoms with Crippen molar-refractivity contribution in [2.45, 2.75) is 52.7 Å². The summed E-state index contributed by atoms with van der Waals surface area (Å²) in [5, 5.41) is 8.58. The van der Waals surface area contributed by atoms with E-state index in [-0.39, 0.29) is 61.0 Å². The van der Waals surface area contributed by atoms with Crippen molar-refractivity contribution in [1.82, 2.24) is 25.8 Å². The normalized spacial score (nSPS) is 15.5. The number of carbonyl (C=O) groups is 3. The molecule has 1 fully saturated rings. The van der Waals surface area contributed by atoms with Gasteiger partial charge in [0.15, 0.2) is 5.96 Å². The molecule has 1 heterocycles. The van der Waals surface area contributed by atoms with Crippen molar-refractivity contribution in [3.63, 3.8) is 0 Å². The van der Waals surface area contributed by atoms with E-state index in [4.69, 9.17) is 4.74 Å². The second-order valence-electron chi connectivity index (χ2n) is 8.39. The summed E-state index contributed by atoms with van der Waals surface area (Å²) >= 11 is 0.